The molecule has 1 aromatic carbocycles. The molecule has 4 aromatic rings. The Morgan fingerprint density at radius 1 is 1.06 bits per heavy atom. The molecule has 6 nitrogen and oxygen atoms in total. The first-order valence-electron chi connectivity index (χ1n) is 8.96. The molecular weight excluding hydrogens is 460 g/mol. The highest BCUT2D eigenvalue weighted by Crippen LogP contribution is 2.37. The summed E-state index contributed by atoms with van der Waals surface area (Å²) in [7, 11) is 1.35. The number of anilines is 1. The fourth-order valence-corrected chi connectivity index (χ4v) is 4.06. The molecule has 0 saturated heterocycles. The van der Waals surface area contributed by atoms with Crippen LogP contribution >= 0.6 is 11.3 Å². The second kappa shape index (κ2) is 7.65. The number of fused-ring (bicyclic) bond motifs is 1. The fraction of sp³-hybridized carbons (Fsp3) is 0.211. The lowest BCUT2D eigenvalue weighted by atomic mass is 10.1. The van der Waals surface area contributed by atoms with Crippen molar-refractivity contribution in [2.45, 2.75) is 18.9 Å². The zero-order valence-electron chi connectivity index (χ0n) is 16.1. The van der Waals surface area contributed by atoms with Crippen LogP contribution in [0.15, 0.2) is 42.6 Å². The van der Waals surface area contributed by atoms with Crippen LogP contribution in [0.5, 0.6) is 0 Å². The molecule has 3 aromatic heterocycles. The van der Waals surface area contributed by atoms with E-state index in [1.54, 1.807) is 0 Å². The molecule has 0 aliphatic carbocycles. The Bertz CT molecular complexity index is 1300. The van der Waals surface area contributed by atoms with E-state index in [9.17, 15) is 31.1 Å². The first-order chi connectivity index (χ1) is 14.9. The van der Waals surface area contributed by atoms with Crippen LogP contribution in [0.1, 0.15) is 26.5 Å². The Morgan fingerprint density at radius 2 is 1.81 bits per heavy atom. The second-order valence-electron chi connectivity index (χ2n) is 6.85. The fourth-order valence-electron chi connectivity index (χ4n) is 3.09. The van der Waals surface area contributed by atoms with Crippen molar-refractivity contribution in [3.05, 3.63) is 64.3 Å². The van der Waals surface area contributed by atoms with Gasteiger partial charge in [0.2, 0.25) is 0 Å². The number of carbonyl (C=O) groups excluding carboxylic acids is 1. The molecule has 168 valence electrons. The van der Waals surface area contributed by atoms with E-state index < -0.39 is 29.5 Å². The largest absolute Gasteiger partial charge is 0.435 e. The van der Waals surface area contributed by atoms with Crippen molar-refractivity contribution < 1.29 is 31.1 Å². The molecule has 1 N–H and O–H groups in total. The zero-order chi connectivity index (χ0) is 23.3. The Balaban J connectivity index is 1.50. The normalized spacial score (nSPS) is 12.5. The molecule has 0 radical (unpaired) electrons. The van der Waals surface area contributed by atoms with Gasteiger partial charge in [0.05, 0.1) is 17.0 Å². The van der Waals surface area contributed by atoms with E-state index in [0.717, 1.165) is 34.2 Å². The minimum Gasteiger partial charge on any atom is -0.304 e. The van der Waals surface area contributed by atoms with E-state index >= 15 is 0 Å². The quantitative estimate of drug-likeness (QED) is 0.416. The highest BCUT2D eigenvalue weighted by Gasteiger charge is 2.37. The Hall–Kier alpha value is -3.35. The number of alkyl halides is 6. The van der Waals surface area contributed by atoms with Crippen molar-refractivity contribution in [3.8, 4) is 0 Å². The van der Waals surface area contributed by atoms with Crippen LogP contribution < -0.4 is 5.32 Å². The number of hydrogen-bond acceptors (Lipinski definition) is 4. The summed E-state index contributed by atoms with van der Waals surface area (Å²) in [6.07, 6.45) is -7.66. The van der Waals surface area contributed by atoms with Gasteiger partial charge in [0, 0.05) is 24.7 Å². The molecule has 0 spiro atoms. The number of aromatic nitrogens is 4. The van der Waals surface area contributed by atoms with E-state index in [0.29, 0.717) is 5.56 Å². The summed E-state index contributed by atoms with van der Waals surface area (Å²) in [6.45, 7) is 0.0310. The maximum Gasteiger partial charge on any atom is 0.435 e. The highest BCUT2D eigenvalue weighted by molar-refractivity contribution is 7.20. The van der Waals surface area contributed by atoms with Crippen LogP contribution in [0, 0.1) is 0 Å². The van der Waals surface area contributed by atoms with E-state index in [-0.39, 0.29) is 27.5 Å². The van der Waals surface area contributed by atoms with Crippen molar-refractivity contribution in [3.63, 3.8) is 0 Å². The summed E-state index contributed by atoms with van der Waals surface area (Å²) in [6, 6.07) is 7.31. The third-order valence-electron chi connectivity index (χ3n) is 4.48. The summed E-state index contributed by atoms with van der Waals surface area (Å²) in [5, 5.41) is 9.84. The Labute approximate surface area is 180 Å². The minimum absolute atomic E-state index is 0.0310. The molecule has 4 rings (SSSR count). The average molecular weight is 473 g/mol. The molecule has 13 heteroatoms. The van der Waals surface area contributed by atoms with Gasteiger partial charge in [0.25, 0.3) is 5.91 Å². The van der Waals surface area contributed by atoms with Gasteiger partial charge < -0.3 is 5.32 Å². The molecule has 0 bridgehead atoms. The number of rotatable bonds is 4. The summed E-state index contributed by atoms with van der Waals surface area (Å²) in [5.41, 5.74) is -1.50. The number of aryl methyl sites for hydroxylation is 1. The van der Waals surface area contributed by atoms with Gasteiger partial charge in [0.15, 0.2) is 11.5 Å². The number of thiophene rings is 1. The van der Waals surface area contributed by atoms with E-state index in [4.69, 9.17) is 0 Å². The lowest BCUT2D eigenvalue weighted by Gasteiger charge is -2.08. The van der Waals surface area contributed by atoms with Crippen molar-refractivity contribution >= 4 is 33.3 Å². The molecule has 0 aliphatic heterocycles. The van der Waals surface area contributed by atoms with Crippen LogP contribution in [-0.4, -0.2) is 25.5 Å². The van der Waals surface area contributed by atoms with Gasteiger partial charge in [-0.05, 0) is 23.8 Å². The molecule has 0 saturated carbocycles. The van der Waals surface area contributed by atoms with Crippen molar-refractivity contribution in [2.75, 3.05) is 5.32 Å². The van der Waals surface area contributed by atoms with E-state index in [2.05, 4.69) is 15.5 Å². The Kier molecular flexibility index (Phi) is 5.23. The lowest BCUT2D eigenvalue weighted by Crippen LogP contribution is -2.12. The first-order valence-corrected chi connectivity index (χ1v) is 9.78. The summed E-state index contributed by atoms with van der Waals surface area (Å²) in [5.74, 6) is -0.558. The van der Waals surface area contributed by atoms with Crippen molar-refractivity contribution in [2.24, 2.45) is 7.05 Å². The molecule has 32 heavy (non-hydrogen) atoms. The van der Waals surface area contributed by atoms with Crippen molar-refractivity contribution in [1.82, 2.24) is 19.6 Å². The topological polar surface area (TPSA) is 64.7 Å². The SMILES string of the molecule is Cn1nc(C(F)(F)F)c2cc(C(=O)Nc3ccn(Cc4cccc(C(F)(F)F)c4)n3)sc21. The highest BCUT2D eigenvalue weighted by atomic mass is 32.1. The third kappa shape index (κ3) is 4.33. The smallest absolute Gasteiger partial charge is 0.304 e. The van der Waals surface area contributed by atoms with Gasteiger partial charge in [-0.15, -0.1) is 11.3 Å². The molecule has 0 aliphatic rings. The van der Waals surface area contributed by atoms with Crippen LogP contribution in [-0.2, 0) is 25.9 Å². The molecule has 0 fully saturated rings. The molecule has 0 unspecified atom stereocenters. The van der Waals surface area contributed by atoms with Gasteiger partial charge in [-0.25, -0.2) is 0 Å². The lowest BCUT2D eigenvalue weighted by molar-refractivity contribution is -0.140. The van der Waals surface area contributed by atoms with Gasteiger partial charge in [-0.1, -0.05) is 12.1 Å². The number of nitrogens with one attached hydrogen (secondary N) is 1. The monoisotopic (exact) mass is 473 g/mol. The van der Waals surface area contributed by atoms with Crippen molar-refractivity contribution in [1.29, 1.82) is 0 Å². The van der Waals surface area contributed by atoms with Gasteiger partial charge >= 0.3 is 12.4 Å². The first kappa shape index (κ1) is 21.9. The number of amides is 1. The summed E-state index contributed by atoms with van der Waals surface area (Å²) >= 11 is 0.849. The maximum atomic E-state index is 13.1. The van der Waals surface area contributed by atoms with Gasteiger partial charge in [0.1, 0.15) is 4.83 Å². The maximum absolute atomic E-state index is 13.1. The standard InChI is InChI=1S/C19H13F6N5OS/c1-29-17-12(15(28-29)19(23,24)25)8-13(32-17)16(31)26-14-5-6-30(27-14)9-10-3-2-4-11(7-10)18(20,21)22/h2-8H,9H2,1H3,(H,26,27,31). The van der Waals surface area contributed by atoms with Gasteiger partial charge in [-0.3, -0.25) is 14.2 Å². The number of halogens is 6. The zero-order valence-corrected chi connectivity index (χ0v) is 16.9. The third-order valence-corrected chi connectivity index (χ3v) is 5.69. The van der Waals surface area contributed by atoms with Crippen LogP contribution in [0.2, 0.25) is 0 Å². The molecule has 1 amide bonds. The number of carbonyl (C=O) groups is 1. The van der Waals surface area contributed by atoms with Crippen LogP contribution in [0.4, 0.5) is 32.2 Å². The Morgan fingerprint density at radius 3 is 2.50 bits per heavy atom. The molecule has 0 atom stereocenters. The summed E-state index contributed by atoms with van der Waals surface area (Å²) < 4.78 is 80.3. The predicted octanol–water partition coefficient (Wildman–Crippen LogP) is 5.17. The minimum atomic E-state index is -4.66. The number of nitrogens with zero attached hydrogens (tertiary/aromatic N) is 4. The second-order valence-corrected chi connectivity index (χ2v) is 7.88. The van der Waals surface area contributed by atoms with E-state index in [1.807, 2.05) is 0 Å². The average Bonchev–Trinajstić information content (AvgIpc) is 3.38. The van der Waals surface area contributed by atoms with Crippen LogP contribution in [0.3, 0.4) is 0 Å². The predicted molar refractivity (Wildman–Crippen MR) is 104 cm³/mol. The van der Waals surface area contributed by atoms with Gasteiger partial charge in [-0.2, -0.15) is 36.5 Å². The molecular formula is C19H13F6N5OS. The van der Waals surface area contributed by atoms with Crippen LogP contribution in [0.25, 0.3) is 10.2 Å². The number of benzene rings is 1. The molecule has 3 heterocycles. The number of hydrogen-bond donors (Lipinski definition) is 1. The van der Waals surface area contributed by atoms with E-state index in [1.165, 1.54) is 36.1 Å². The summed E-state index contributed by atoms with van der Waals surface area (Å²) in [4.78, 5) is 12.7.